The number of allylic oxidation sites excluding steroid dienone is 1. The molecule has 0 aliphatic carbocycles. The van der Waals surface area contributed by atoms with Crippen molar-refractivity contribution < 1.29 is 0 Å². The van der Waals surface area contributed by atoms with Crippen LogP contribution in [-0.2, 0) is 0 Å². The van der Waals surface area contributed by atoms with Crippen LogP contribution in [0.2, 0.25) is 0 Å². The highest BCUT2D eigenvalue weighted by Gasteiger charge is 1.84. The van der Waals surface area contributed by atoms with Crippen molar-refractivity contribution in [3.8, 4) is 0 Å². The summed E-state index contributed by atoms with van der Waals surface area (Å²) in [5.74, 6) is 0. The molecular formula is C14H20. The van der Waals surface area contributed by atoms with Crippen LogP contribution in [0.4, 0.5) is 0 Å². The highest BCUT2D eigenvalue weighted by Crippen LogP contribution is 1.88. The highest BCUT2D eigenvalue weighted by molar-refractivity contribution is 5.44. The molecule has 0 saturated heterocycles. The Kier molecular flexibility index (Phi) is 5.62. The van der Waals surface area contributed by atoms with Gasteiger partial charge in [0, 0.05) is 0 Å². The van der Waals surface area contributed by atoms with E-state index in [2.05, 4.69) is 38.3 Å². The second kappa shape index (κ2) is 6.20. The maximum absolute atomic E-state index is 3.96. The molecule has 0 fully saturated rings. The van der Waals surface area contributed by atoms with E-state index in [1.165, 1.54) is 5.56 Å². The zero-order valence-corrected chi connectivity index (χ0v) is 9.72. The third-order valence-electron chi connectivity index (χ3n) is 1.70. The Bertz CT molecular complexity index is 397. The molecule has 0 bridgehead atoms. The molecule has 0 aromatic heterocycles. The van der Waals surface area contributed by atoms with Gasteiger partial charge in [0.05, 0.1) is 0 Å². The van der Waals surface area contributed by atoms with Crippen molar-refractivity contribution in [1.82, 2.24) is 0 Å². The van der Waals surface area contributed by atoms with Gasteiger partial charge in [0.25, 0.3) is 0 Å². The summed E-state index contributed by atoms with van der Waals surface area (Å²) in [7, 11) is 0. The summed E-state index contributed by atoms with van der Waals surface area (Å²) in [4.78, 5) is 0. The Morgan fingerprint density at radius 1 is 1.29 bits per heavy atom. The summed E-state index contributed by atoms with van der Waals surface area (Å²) in [6, 6.07) is 6.24. The Morgan fingerprint density at radius 2 is 1.86 bits per heavy atom. The van der Waals surface area contributed by atoms with Gasteiger partial charge in [0.2, 0.25) is 0 Å². The lowest BCUT2D eigenvalue weighted by atomic mass is 10.1. The van der Waals surface area contributed by atoms with E-state index in [-0.39, 0.29) is 0 Å². The van der Waals surface area contributed by atoms with Crippen LogP contribution in [0.15, 0.2) is 30.4 Å². The SMILES string of the molecule is C=C(C)/C=c1/ccc(C)cc1=C.CC. The van der Waals surface area contributed by atoms with Gasteiger partial charge in [-0.25, -0.2) is 0 Å². The van der Waals surface area contributed by atoms with Crippen LogP contribution >= 0.6 is 0 Å². The first kappa shape index (κ1) is 12.7. The predicted octanol–water partition coefficient (Wildman–Crippen LogP) is 2.79. The number of aryl methyl sites for hydroxylation is 1. The molecule has 0 unspecified atom stereocenters. The Morgan fingerprint density at radius 3 is 2.29 bits per heavy atom. The molecule has 0 saturated carbocycles. The molecule has 0 nitrogen and oxygen atoms in total. The van der Waals surface area contributed by atoms with E-state index >= 15 is 0 Å². The molecule has 0 aliphatic heterocycles. The minimum Gasteiger partial charge on any atom is -0.0961 e. The monoisotopic (exact) mass is 188 g/mol. The smallest absolute Gasteiger partial charge is 0.0187 e. The molecule has 14 heavy (non-hydrogen) atoms. The average molecular weight is 188 g/mol. The van der Waals surface area contributed by atoms with Crippen molar-refractivity contribution in [1.29, 1.82) is 0 Å². The lowest BCUT2D eigenvalue weighted by Gasteiger charge is -1.92. The molecule has 0 aliphatic rings. The summed E-state index contributed by atoms with van der Waals surface area (Å²) in [6.07, 6.45) is 2.04. The molecule has 1 aromatic carbocycles. The number of benzene rings is 1. The van der Waals surface area contributed by atoms with Gasteiger partial charge in [0.1, 0.15) is 0 Å². The largest absolute Gasteiger partial charge is 0.0961 e. The zero-order chi connectivity index (χ0) is 11.1. The third kappa shape index (κ3) is 4.08. The fourth-order valence-electron chi connectivity index (χ4n) is 1.14. The molecule has 0 heteroatoms. The minimum atomic E-state index is 1.06. The molecule has 0 heterocycles. The van der Waals surface area contributed by atoms with Gasteiger partial charge in [-0.05, 0) is 24.3 Å². The van der Waals surface area contributed by atoms with Gasteiger partial charge < -0.3 is 0 Å². The minimum absolute atomic E-state index is 1.06. The first-order chi connectivity index (χ1) is 6.59. The molecule has 0 radical (unpaired) electrons. The van der Waals surface area contributed by atoms with Crippen molar-refractivity contribution >= 4 is 12.7 Å². The van der Waals surface area contributed by atoms with Crippen LogP contribution in [0.3, 0.4) is 0 Å². The molecule has 76 valence electrons. The van der Waals surface area contributed by atoms with Crippen LogP contribution in [0.25, 0.3) is 12.7 Å². The van der Waals surface area contributed by atoms with Crippen molar-refractivity contribution in [3.63, 3.8) is 0 Å². The van der Waals surface area contributed by atoms with E-state index in [9.17, 15) is 0 Å². The molecule has 0 amide bonds. The summed E-state index contributed by atoms with van der Waals surface area (Å²) >= 11 is 0. The highest BCUT2D eigenvalue weighted by atomic mass is 13.9. The Balaban J connectivity index is 0.000000791. The molecular weight excluding hydrogens is 168 g/mol. The third-order valence-corrected chi connectivity index (χ3v) is 1.70. The van der Waals surface area contributed by atoms with E-state index in [1.54, 1.807) is 0 Å². The fraction of sp³-hybridized carbons (Fsp3) is 0.286. The van der Waals surface area contributed by atoms with Crippen LogP contribution in [0.5, 0.6) is 0 Å². The summed E-state index contributed by atoms with van der Waals surface area (Å²) in [6.45, 7) is 15.8. The predicted molar refractivity (Wildman–Crippen MR) is 66.6 cm³/mol. The van der Waals surface area contributed by atoms with Gasteiger partial charge >= 0.3 is 0 Å². The zero-order valence-electron chi connectivity index (χ0n) is 9.72. The second-order valence-electron chi connectivity index (χ2n) is 3.19. The van der Waals surface area contributed by atoms with Crippen LogP contribution in [0, 0.1) is 6.92 Å². The lowest BCUT2D eigenvalue weighted by Crippen LogP contribution is -2.22. The van der Waals surface area contributed by atoms with E-state index in [0.717, 1.165) is 16.0 Å². The first-order valence-electron chi connectivity index (χ1n) is 5.02. The van der Waals surface area contributed by atoms with E-state index in [0.29, 0.717) is 0 Å². The van der Waals surface area contributed by atoms with Crippen LogP contribution in [-0.4, -0.2) is 0 Å². The Hall–Kier alpha value is -1.30. The van der Waals surface area contributed by atoms with Gasteiger partial charge in [0.15, 0.2) is 0 Å². The lowest BCUT2D eigenvalue weighted by molar-refractivity contribution is 1.40. The molecule has 0 spiro atoms. The number of hydrogen-bond acceptors (Lipinski definition) is 0. The van der Waals surface area contributed by atoms with Crippen LogP contribution in [0.1, 0.15) is 26.3 Å². The molecule has 1 aromatic rings. The van der Waals surface area contributed by atoms with E-state index in [4.69, 9.17) is 0 Å². The van der Waals surface area contributed by atoms with Gasteiger partial charge in [-0.15, -0.1) is 0 Å². The van der Waals surface area contributed by atoms with E-state index < -0.39 is 0 Å². The summed E-state index contributed by atoms with van der Waals surface area (Å²) in [5.41, 5.74) is 2.31. The maximum Gasteiger partial charge on any atom is -0.0187 e. The maximum atomic E-state index is 3.96. The summed E-state index contributed by atoms with van der Waals surface area (Å²) in [5, 5.41) is 2.23. The number of hydrogen-bond donors (Lipinski definition) is 0. The van der Waals surface area contributed by atoms with Crippen molar-refractivity contribution in [2.45, 2.75) is 27.7 Å². The number of rotatable bonds is 1. The molecule has 0 atom stereocenters. The van der Waals surface area contributed by atoms with Gasteiger partial charge in [-0.1, -0.05) is 62.4 Å². The van der Waals surface area contributed by atoms with Crippen molar-refractivity contribution in [2.24, 2.45) is 0 Å². The average Bonchev–Trinajstić information content (AvgIpc) is 2.13. The van der Waals surface area contributed by atoms with Crippen LogP contribution < -0.4 is 10.4 Å². The Labute approximate surface area is 87.3 Å². The molecule has 1 rings (SSSR count). The standard InChI is InChI=1S/C12H14.C2H6/c1-9(2)7-12-6-5-10(3)8-11(12)4;1-2/h5-8H,1,4H2,2-3H3;1-2H3/b12-7-;. The normalized spacial score (nSPS) is 10.4. The van der Waals surface area contributed by atoms with Gasteiger partial charge in [-0.2, -0.15) is 0 Å². The topological polar surface area (TPSA) is 0 Å². The second-order valence-corrected chi connectivity index (χ2v) is 3.19. The fourth-order valence-corrected chi connectivity index (χ4v) is 1.14. The summed E-state index contributed by atoms with van der Waals surface area (Å²) < 4.78 is 0. The quantitative estimate of drug-likeness (QED) is 0.635. The van der Waals surface area contributed by atoms with Crippen molar-refractivity contribution in [2.75, 3.05) is 0 Å². The van der Waals surface area contributed by atoms with E-state index in [1.807, 2.05) is 26.8 Å². The molecule has 0 N–H and O–H groups in total. The van der Waals surface area contributed by atoms with Crippen molar-refractivity contribution in [3.05, 3.63) is 46.4 Å². The first-order valence-corrected chi connectivity index (χ1v) is 5.02. The van der Waals surface area contributed by atoms with Gasteiger partial charge in [-0.3, -0.25) is 0 Å².